The van der Waals surface area contributed by atoms with Gasteiger partial charge in [-0.3, -0.25) is 9.99 Å². The molecule has 40 heavy (non-hydrogen) atoms. The number of aromatic nitrogens is 2. The first-order valence-electron chi connectivity index (χ1n) is 12.8. The molecular formula is C28H23Cl2FN8O. The van der Waals surface area contributed by atoms with Crippen molar-refractivity contribution in [3.8, 4) is 11.8 Å². The topological polar surface area (TPSA) is 110 Å². The number of halogens is 3. The van der Waals surface area contributed by atoms with Crippen LogP contribution in [0.5, 0.6) is 5.75 Å². The number of anilines is 3. The second-order valence-electron chi connectivity index (χ2n) is 9.25. The number of benzene rings is 2. The molecule has 2 aliphatic rings. The van der Waals surface area contributed by atoms with Crippen molar-refractivity contribution in [2.45, 2.75) is 24.9 Å². The molecule has 0 amide bonds. The Kier molecular flexibility index (Phi) is 6.61. The lowest BCUT2D eigenvalue weighted by atomic mass is 10.0. The Morgan fingerprint density at radius 1 is 1.20 bits per heavy atom. The van der Waals surface area contributed by atoms with Crippen molar-refractivity contribution in [3.63, 3.8) is 0 Å². The van der Waals surface area contributed by atoms with E-state index in [1.807, 2.05) is 11.2 Å². The quantitative estimate of drug-likeness (QED) is 0.182. The lowest BCUT2D eigenvalue weighted by molar-refractivity contribution is 0.260. The van der Waals surface area contributed by atoms with Crippen LogP contribution in [0.1, 0.15) is 31.4 Å². The fraction of sp³-hybridized carbons (Fsp3) is 0.179. The van der Waals surface area contributed by atoms with E-state index in [-0.39, 0.29) is 5.56 Å². The molecule has 0 saturated heterocycles. The molecule has 9 nitrogen and oxygen atoms in total. The van der Waals surface area contributed by atoms with E-state index in [4.69, 9.17) is 27.9 Å². The zero-order valence-electron chi connectivity index (χ0n) is 22.1. The number of hydrogen-bond acceptors (Lipinski definition) is 9. The van der Waals surface area contributed by atoms with Gasteiger partial charge in [-0.05, 0) is 48.7 Å². The summed E-state index contributed by atoms with van der Waals surface area (Å²) >= 11 is 13.0. The SMILES string of the molecule is [2H][C@](Nc1cc(Cl)c2ncc(C#N)c(Nc3cccc(Cl)c3OC)c2c1)(C1=CN(C2CC2)NN1)c1ccc(F)nc1. The van der Waals surface area contributed by atoms with Crippen molar-refractivity contribution in [2.24, 2.45) is 0 Å². The number of pyridine rings is 2. The standard InChI is InChI=1S/C28H23Cl2FN8O/c1-40-28-20(29)3-2-4-22(28)36-25-16(11-32)13-34-27-19(25)9-17(10-21(27)30)35-26(15-5-8-24(31)33-12-15)23-14-39(38-37-23)18-6-7-18/h2-5,8-10,12-14,18,26,35,37-38H,6-7H2,1H3,(H,34,36)/t26-/m1/s1/i26D. The first-order chi connectivity index (χ1) is 19.8. The van der Waals surface area contributed by atoms with Gasteiger partial charge in [0.2, 0.25) is 5.95 Å². The fourth-order valence-corrected chi connectivity index (χ4v) is 4.99. The molecule has 6 rings (SSSR count). The summed E-state index contributed by atoms with van der Waals surface area (Å²) in [4.78, 5) is 8.19. The van der Waals surface area contributed by atoms with Crippen molar-refractivity contribution >= 4 is 51.2 Å². The molecule has 1 aliphatic carbocycles. The number of fused-ring (bicyclic) bond motifs is 1. The van der Waals surface area contributed by atoms with Gasteiger partial charge >= 0.3 is 0 Å². The Hall–Kier alpha value is -4.30. The third kappa shape index (κ3) is 5.02. The van der Waals surface area contributed by atoms with Crippen LogP contribution in [0.3, 0.4) is 0 Å². The molecule has 4 aromatic rings. The first-order valence-corrected chi connectivity index (χ1v) is 13.1. The molecule has 0 spiro atoms. The van der Waals surface area contributed by atoms with Crippen molar-refractivity contribution in [1.82, 2.24) is 25.9 Å². The maximum absolute atomic E-state index is 13.7. The number of hydrazine groups is 2. The lowest BCUT2D eigenvalue weighted by Crippen LogP contribution is -2.38. The minimum Gasteiger partial charge on any atom is -0.493 e. The number of methoxy groups -OCH3 is 1. The first kappa shape index (κ1) is 24.7. The molecule has 2 aromatic heterocycles. The highest BCUT2D eigenvalue weighted by Crippen LogP contribution is 2.40. The molecule has 202 valence electrons. The summed E-state index contributed by atoms with van der Waals surface area (Å²) < 4.78 is 28.8. The highest BCUT2D eigenvalue weighted by atomic mass is 35.5. The van der Waals surface area contributed by atoms with E-state index in [9.17, 15) is 11.0 Å². The van der Waals surface area contributed by atoms with Crippen LogP contribution >= 0.6 is 23.2 Å². The number of nitrogens with one attached hydrogen (secondary N) is 4. The summed E-state index contributed by atoms with van der Waals surface area (Å²) in [6, 6.07) is 12.2. The van der Waals surface area contributed by atoms with Gasteiger partial charge in [0.05, 0.1) is 52.7 Å². The number of para-hydroxylation sites is 1. The zero-order valence-corrected chi connectivity index (χ0v) is 22.6. The monoisotopic (exact) mass is 577 g/mol. The van der Waals surface area contributed by atoms with E-state index in [0.717, 1.165) is 12.8 Å². The summed E-state index contributed by atoms with van der Waals surface area (Å²) in [5, 5.41) is 19.5. The van der Waals surface area contributed by atoms with Crippen LogP contribution in [0, 0.1) is 17.3 Å². The van der Waals surface area contributed by atoms with Crippen LogP contribution in [0.4, 0.5) is 21.5 Å². The van der Waals surface area contributed by atoms with Gasteiger partial charge in [-0.15, -0.1) is 5.53 Å². The highest BCUT2D eigenvalue weighted by molar-refractivity contribution is 6.36. The van der Waals surface area contributed by atoms with Gasteiger partial charge in [0, 0.05) is 35.7 Å². The Labute approximate surface area is 240 Å². The minimum absolute atomic E-state index is 0.261. The van der Waals surface area contributed by atoms with Crippen molar-refractivity contribution in [1.29, 1.82) is 5.26 Å². The number of rotatable bonds is 8. The molecule has 3 heterocycles. The van der Waals surface area contributed by atoms with Gasteiger partial charge < -0.3 is 20.8 Å². The predicted octanol–water partition coefficient (Wildman–Crippen LogP) is 6.18. The predicted molar refractivity (Wildman–Crippen MR) is 153 cm³/mol. The fourth-order valence-electron chi connectivity index (χ4n) is 4.47. The van der Waals surface area contributed by atoms with E-state index >= 15 is 0 Å². The largest absolute Gasteiger partial charge is 0.493 e. The van der Waals surface area contributed by atoms with Gasteiger partial charge in [0.25, 0.3) is 0 Å². The Morgan fingerprint density at radius 2 is 2.05 bits per heavy atom. The summed E-state index contributed by atoms with van der Waals surface area (Å²) in [5.41, 5.74) is 9.14. The second-order valence-corrected chi connectivity index (χ2v) is 10.1. The van der Waals surface area contributed by atoms with Crippen molar-refractivity contribution in [2.75, 3.05) is 17.7 Å². The molecule has 1 saturated carbocycles. The number of hydrogen-bond donors (Lipinski definition) is 4. The molecule has 0 radical (unpaired) electrons. The van der Waals surface area contributed by atoms with Crippen molar-refractivity contribution in [3.05, 3.63) is 93.9 Å². The van der Waals surface area contributed by atoms with Crippen LogP contribution in [-0.4, -0.2) is 28.1 Å². The van der Waals surface area contributed by atoms with Crippen LogP contribution in [0.25, 0.3) is 10.9 Å². The molecule has 1 atom stereocenters. The molecule has 2 aromatic carbocycles. The molecule has 4 N–H and O–H groups in total. The summed E-state index contributed by atoms with van der Waals surface area (Å²) in [5.74, 6) is -0.248. The number of nitriles is 1. The number of nitrogens with zero attached hydrogens (tertiary/aromatic N) is 4. The van der Waals surface area contributed by atoms with Gasteiger partial charge in [0.1, 0.15) is 6.07 Å². The normalized spacial score (nSPS) is 16.4. The van der Waals surface area contributed by atoms with Crippen LogP contribution in [-0.2, 0) is 0 Å². The van der Waals surface area contributed by atoms with Crippen molar-refractivity contribution < 1.29 is 10.5 Å². The smallest absolute Gasteiger partial charge is 0.212 e. The summed E-state index contributed by atoms with van der Waals surface area (Å²) in [7, 11) is 1.50. The van der Waals surface area contributed by atoms with E-state index in [1.54, 1.807) is 30.3 Å². The number of ether oxygens (including phenoxy) is 1. The highest BCUT2D eigenvalue weighted by Gasteiger charge is 2.32. The van der Waals surface area contributed by atoms with Gasteiger partial charge in [0.15, 0.2) is 5.75 Å². The molecule has 0 unspecified atom stereocenters. The maximum Gasteiger partial charge on any atom is 0.212 e. The third-order valence-corrected chi connectivity index (χ3v) is 7.14. The molecule has 12 heteroatoms. The van der Waals surface area contributed by atoms with E-state index in [0.29, 0.717) is 61.1 Å². The minimum atomic E-state index is -1.63. The van der Waals surface area contributed by atoms with Crippen LogP contribution in [0.2, 0.25) is 10.0 Å². The van der Waals surface area contributed by atoms with Gasteiger partial charge in [-0.2, -0.15) is 9.65 Å². The van der Waals surface area contributed by atoms with Crippen LogP contribution < -0.4 is 26.3 Å². The van der Waals surface area contributed by atoms with Gasteiger partial charge in [-0.1, -0.05) is 35.3 Å². The van der Waals surface area contributed by atoms with Gasteiger partial charge in [-0.25, -0.2) is 4.98 Å². The Bertz CT molecular complexity index is 1730. The average molecular weight is 578 g/mol. The molecule has 1 aliphatic heterocycles. The van der Waals surface area contributed by atoms with E-state index in [1.165, 1.54) is 31.6 Å². The summed E-state index contributed by atoms with van der Waals surface area (Å²) in [6.07, 6.45) is 6.64. The molecule has 1 fully saturated rings. The van der Waals surface area contributed by atoms with E-state index < -0.39 is 12.0 Å². The second kappa shape index (κ2) is 10.7. The maximum atomic E-state index is 13.7. The van der Waals surface area contributed by atoms with Crippen LogP contribution in [0.15, 0.2) is 66.8 Å². The Morgan fingerprint density at radius 3 is 2.77 bits per heavy atom. The third-order valence-electron chi connectivity index (χ3n) is 6.56. The molecular weight excluding hydrogens is 554 g/mol. The summed E-state index contributed by atoms with van der Waals surface area (Å²) in [6.45, 7) is 0. The van der Waals surface area contributed by atoms with E-state index in [2.05, 4.69) is 37.6 Å². The zero-order chi connectivity index (χ0) is 28.7. The average Bonchev–Trinajstić information content (AvgIpc) is 3.69. The lowest BCUT2D eigenvalue weighted by Gasteiger charge is -2.22. The molecule has 0 bridgehead atoms. The Balaban J connectivity index is 1.47.